The van der Waals surface area contributed by atoms with Crippen LogP contribution in [-0.2, 0) is 10.3 Å². The van der Waals surface area contributed by atoms with Crippen LogP contribution < -0.4 is 0 Å². The molecule has 1 aromatic carbocycles. The van der Waals surface area contributed by atoms with Gasteiger partial charge in [0.15, 0.2) is 11.6 Å². The third-order valence-corrected chi connectivity index (χ3v) is 2.19. The Hall–Kier alpha value is -1.22. The zero-order chi connectivity index (χ0) is 9.47. The van der Waals surface area contributed by atoms with Gasteiger partial charge in [0.1, 0.15) is 5.60 Å². The molecule has 1 fully saturated rings. The molecule has 0 amide bonds. The average molecular weight is 182 g/mol. The van der Waals surface area contributed by atoms with Gasteiger partial charge in [-0.05, 0) is 6.07 Å². The first-order valence-electron chi connectivity index (χ1n) is 3.92. The van der Waals surface area contributed by atoms with Gasteiger partial charge in [-0.15, -0.1) is 0 Å². The molecule has 1 saturated heterocycles. The molecule has 0 aliphatic carbocycles. The lowest BCUT2D eigenvalue weighted by molar-refractivity contribution is 0.345. The van der Waals surface area contributed by atoms with Gasteiger partial charge in [0, 0.05) is 5.56 Å². The molecule has 68 valence electrons. The number of ether oxygens (including phenoxy) is 1. The van der Waals surface area contributed by atoms with Crippen LogP contribution in [0.3, 0.4) is 0 Å². The fourth-order valence-electron chi connectivity index (χ4n) is 1.29. The van der Waals surface area contributed by atoms with Crippen molar-refractivity contribution in [3.63, 3.8) is 0 Å². The summed E-state index contributed by atoms with van der Waals surface area (Å²) < 4.78 is 31.1. The van der Waals surface area contributed by atoms with E-state index in [0.29, 0.717) is 6.61 Å². The Bertz CT molecular complexity index is 356. The number of hydrogen-bond donors (Lipinski definition) is 0. The molecular formula is C10H8F2O. The first-order chi connectivity index (χ1) is 6.19. The molecule has 1 heterocycles. The van der Waals surface area contributed by atoms with Crippen LogP contribution in [0, 0.1) is 11.6 Å². The summed E-state index contributed by atoms with van der Waals surface area (Å²) in [6.45, 7) is 3.90. The first kappa shape index (κ1) is 8.38. The lowest BCUT2D eigenvalue weighted by Crippen LogP contribution is -2.08. The molecular weight excluding hydrogens is 174 g/mol. The van der Waals surface area contributed by atoms with Gasteiger partial charge in [-0.25, -0.2) is 8.78 Å². The van der Waals surface area contributed by atoms with Crippen LogP contribution in [0.25, 0.3) is 0 Å². The monoisotopic (exact) mass is 182 g/mol. The molecule has 1 unspecified atom stereocenters. The SMILES string of the molecule is C=CC1(c2cccc(F)c2F)CO1. The summed E-state index contributed by atoms with van der Waals surface area (Å²) >= 11 is 0. The highest BCUT2D eigenvalue weighted by Gasteiger charge is 2.45. The minimum absolute atomic E-state index is 0.225. The van der Waals surface area contributed by atoms with E-state index in [0.717, 1.165) is 6.07 Å². The van der Waals surface area contributed by atoms with Crippen molar-refractivity contribution in [3.8, 4) is 0 Å². The molecule has 1 aliphatic rings. The Kier molecular flexibility index (Phi) is 1.70. The standard InChI is InChI=1S/C10H8F2O/c1-2-10(6-13-10)7-4-3-5-8(11)9(7)12/h2-5H,1,6H2. The van der Waals surface area contributed by atoms with E-state index in [2.05, 4.69) is 6.58 Å². The number of halogens is 2. The molecule has 2 rings (SSSR count). The van der Waals surface area contributed by atoms with E-state index >= 15 is 0 Å². The molecule has 13 heavy (non-hydrogen) atoms. The highest BCUT2D eigenvalue weighted by atomic mass is 19.2. The normalized spacial score (nSPS) is 25.7. The summed E-state index contributed by atoms with van der Waals surface area (Å²) in [7, 11) is 0. The summed E-state index contributed by atoms with van der Waals surface area (Å²) in [6.07, 6.45) is 1.49. The van der Waals surface area contributed by atoms with Crippen molar-refractivity contribution < 1.29 is 13.5 Å². The second kappa shape index (κ2) is 2.64. The predicted octanol–water partition coefficient (Wildman–Crippen LogP) is 2.38. The number of benzene rings is 1. The lowest BCUT2D eigenvalue weighted by atomic mass is 9.99. The Morgan fingerprint density at radius 1 is 1.46 bits per heavy atom. The number of hydrogen-bond acceptors (Lipinski definition) is 1. The molecule has 3 heteroatoms. The molecule has 1 aromatic rings. The summed E-state index contributed by atoms with van der Waals surface area (Å²) in [4.78, 5) is 0. The van der Waals surface area contributed by atoms with Crippen LogP contribution >= 0.6 is 0 Å². The van der Waals surface area contributed by atoms with Gasteiger partial charge in [0.05, 0.1) is 6.61 Å². The van der Waals surface area contributed by atoms with Crippen LogP contribution in [0.1, 0.15) is 5.56 Å². The van der Waals surface area contributed by atoms with Crippen molar-refractivity contribution in [2.24, 2.45) is 0 Å². The van der Waals surface area contributed by atoms with E-state index in [1.54, 1.807) is 0 Å². The van der Waals surface area contributed by atoms with Crippen molar-refractivity contribution in [1.82, 2.24) is 0 Å². The maximum atomic E-state index is 13.2. The molecule has 0 saturated carbocycles. The zero-order valence-corrected chi connectivity index (χ0v) is 6.89. The number of rotatable bonds is 2. The van der Waals surface area contributed by atoms with Crippen molar-refractivity contribution in [3.05, 3.63) is 48.1 Å². The largest absolute Gasteiger partial charge is 0.360 e. The first-order valence-corrected chi connectivity index (χ1v) is 3.92. The van der Waals surface area contributed by atoms with Crippen LogP contribution in [-0.4, -0.2) is 6.61 Å². The van der Waals surface area contributed by atoms with Crippen molar-refractivity contribution in [2.75, 3.05) is 6.61 Å². The molecule has 1 nitrogen and oxygen atoms in total. The molecule has 0 bridgehead atoms. The molecule has 0 aromatic heterocycles. The Labute approximate surface area is 74.6 Å². The van der Waals surface area contributed by atoms with Crippen molar-refractivity contribution in [1.29, 1.82) is 0 Å². The molecule has 1 aliphatic heterocycles. The van der Waals surface area contributed by atoms with E-state index in [9.17, 15) is 8.78 Å². The van der Waals surface area contributed by atoms with Crippen LogP contribution in [0.4, 0.5) is 8.78 Å². The molecule has 0 N–H and O–H groups in total. The highest BCUT2D eigenvalue weighted by Crippen LogP contribution is 2.41. The maximum absolute atomic E-state index is 13.2. The average Bonchev–Trinajstić information content (AvgIpc) is 2.90. The maximum Gasteiger partial charge on any atom is 0.165 e. The smallest absolute Gasteiger partial charge is 0.165 e. The topological polar surface area (TPSA) is 12.5 Å². The summed E-state index contributed by atoms with van der Waals surface area (Å²) in [5, 5.41) is 0. The Balaban J connectivity index is 2.52. The van der Waals surface area contributed by atoms with Crippen LogP contribution in [0.2, 0.25) is 0 Å². The summed E-state index contributed by atoms with van der Waals surface area (Å²) in [5.74, 6) is -1.70. The quantitative estimate of drug-likeness (QED) is 0.505. The fraction of sp³-hybridized carbons (Fsp3) is 0.200. The fourth-order valence-corrected chi connectivity index (χ4v) is 1.29. The van der Waals surface area contributed by atoms with Gasteiger partial charge in [0.2, 0.25) is 0 Å². The van der Waals surface area contributed by atoms with Gasteiger partial charge < -0.3 is 4.74 Å². The molecule has 0 spiro atoms. The Morgan fingerprint density at radius 3 is 2.69 bits per heavy atom. The predicted molar refractivity (Wildman–Crippen MR) is 44.2 cm³/mol. The van der Waals surface area contributed by atoms with Crippen LogP contribution in [0.5, 0.6) is 0 Å². The van der Waals surface area contributed by atoms with E-state index in [4.69, 9.17) is 4.74 Å². The van der Waals surface area contributed by atoms with Crippen molar-refractivity contribution in [2.45, 2.75) is 5.60 Å². The van der Waals surface area contributed by atoms with E-state index in [1.165, 1.54) is 18.2 Å². The van der Waals surface area contributed by atoms with Crippen molar-refractivity contribution >= 4 is 0 Å². The van der Waals surface area contributed by atoms with Gasteiger partial charge in [-0.3, -0.25) is 0 Å². The van der Waals surface area contributed by atoms with Gasteiger partial charge in [-0.1, -0.05) is 24.8 Å². The molecule has 0 radical (unpaired) electrons. The van der Waals surface area contributed by atoms with Crippen LogP contribution in [0.15, 0.2) is 30.9 Å². The van der Waals surface area contributed by atoms with E-state index < -0.39 is 17.2 Å². The third-order valence-electron chi connectivity index (χ3n) is 2.19. The third kappa shape index (κ3) is 1.16. The summed E-state index contributed by atoms with van der Waals surface area (Å²) in [5.41, 5.74) is -0.561. The minimum Gasteiger partial charge on any atom is -0.360 e. The van der Waals surface area contributed by atoms with E-state index in [-0.39, 0.29) is 5.56 Å². The second-order valence-corrected chi connectivity index (χ2v) is 2.98. The lowest BCUT2D eigenvalue weighted by Gasteiger charge is -2.07. The number of epoxide rings is 1. The zero-order valence-electron chi connectivity index (χ0n) is 6.89. The summed E-state index contributed by atoms with van der Waals surface area (Å²) in [6, 6.07) is 4.05. The van der Waals surface area contributed by atoms with Gasteiger partial charge >= 0.3 is 0 Å². The van der Waals surface area contributed by atoms with Gasteiger partial charge in [0.25, 0.3) is 0 Å². The highest BCUT2D eigenvalue weighted by molar-refractivity contribution is 5.33. The van der Waals surface area contributed by atoms with E-state index in [1.807, 2.05) is 0 Å². The Morgan fingerprint density at radius 2 is 2.15 bits per heavy atom. The minimum atomic E-state index is -0.853. The van der Waals surface area contributed by atoms with Gasteiger partial charge in [-0.2, -0.15) is 0 Å². The second-order valence-electron chi connectivity index (χ2n) is 2.98. The molecule has 1 atom stereocenters.